The zero-order valence-electron chi connectivity index (χ0n) is 9.14. The molecule has 0 radical (unpaired) electrons. The molecule has 1 fully saturated rings. The van der Waals surface area contributed by atoms with Crippen molar-refractivity contribution in [1.29, 1.82) is 0 Å². The number of carboxylic acid groups (broad SMARTS) is 1. The summed E-state index contributed by atoms with van der Waals surface area (Å²) >= 11 is 1.55. The summed E-state index contributed by atoms with van der Waals surface area (Å²) in [4.78, 5) is 11.4. The predicted octanol–water partition coefficient (Wildman–Crippen LogP) is 3.10. The van der Waals surface area contributed by atoms with Gasteiger partial charge in [-0.25, -0.2) is 4.79 Å². The van der Waals surface area contributed by atoms with Crippen LogP contribution in [-0.4, -0.2) is 21.3 Å². The molecule has 1 saturated carbocycles. The Morgan fingerprint density at radius 1 is 1.53 bits per heavy atom. The summed E-state index contributed by atoms with van der Waals surface area (Å²) in [7, 11) is 0. The van der Waals surface area contributed by atoms with Crippen LogP contribution in [0.2, 0.25) is 0 Å². The van der Waals surface area contributed by atoms with E-state index >= 15 is 0 Å². The lowest BCUT2D eigenvalue weighted by Gasteiger charge is -2.24. The highest BCUT2D eigenvalue weighted by Crippen LogP contribution is 2.39. The lowest BCUT2D eigenvalue weighted by Crippen LogP contribution is -2.13. The van der Waals surface area contributed by atoms with Crippen LogP contribution < -0.4 is 0 Å². The van der Waals surface area contributed by atoms with Crippen LogP contribution in [0.1, 0.15) is 41.2 Å². The lowest BCUT2D eigenvalue weighted by molar-refractivity contribution is 0.0695. The number of thiophene rings is 1. The van der Waals surface area contributed by atoms with E-state index in [0.717, 1.165) is 24.1 Å². The van der Waals surface area contributed by atoms with E-state index in [4.69, 9.17) is 0 Å². The van der Waals surface area contributed by atoms with Crippen LogP contribution in [0.5, 0.6) is 0 Å². The van der Waals surface area contributed by atoms with E-state index in [9.17, 15) is 9.90 Å². The molecule has 0 spiro atoms. The van der Waals surface area contributed by atoms with Gasteiger partial charge >= 0.3 is 5.97 Å². The van der Waals surface area contributed by atoms with Crippen LogP contribution in [0, 0.1) is 0 Å². The minimum Gasteiger partial charge on any atom is -0.478 e. The summed E-state index contributed by atoms with van der Waals surface area (Å²) < 4.78 is 0. The van der Waals surface area contributed by atoms with Gasteiger partial charge in [-0.1, -0.05) is 6.42 Å². The third-order valence-electron chi connectivity index (χ3n) is 3.32. The van der Waals surface area contributed by atoms with Crippen molar-refractivity contribution >= 4 is 17.3 Å². The Kier molecular flexibility index (Phi) is 2.48. The number of H-pyrrole nitrogens is 1. The lowest BCUT2D eigenvalue weighted by atomic mass is 9.81. The Bertz CT molecular complexity index is 541. The number of hydrogen-bond donors (Lipinski definition) is 2. The minimum absolute atomic E-state index is 0.348. The molecule has 0 aliphatic heterocycles. The third kappa shape index (κ3) is 1.67. The number of hydrogen-bond acceptors (Lipinski definition) is 3. The summed E-state index contributed by atoms with van der Waals surface area (Å²) in [6.07, 6.45) is 3.30. The number of nitrogens with zero attached hydrogens (tertiary/aromatic N) is 1. The fourth-order valence-corrected chi connectivity index (χ4v) is 2.81. The molecule has 0 atom stereocenters. The quantitative estimate of drug-likeness (QED) is 0.877. The smallest absolute Gasteiger partial charge is 0.339 e. The summed E-state index contributed by atoms with van der Waals surface area (Å²) in [6.45, 7) is 0. The second-order valence-corrected chi connectivity index (χ2v) is 5.09. The van der Waals surface area contributed by atoms with Crippen LogP contribution in [0.15, 0.2) is 16.8 Å². The molecular weight excluding hydrogens is 236 g/mol. The van der Waals surface area contributed by atoms with E-state index < -0.39 is 5.97 Å². The van der Waals surface area contributed by atoms with E-state index in [2.05, 4.69) is 10.2 Å². The van der Waals surface area contributed by atoms with Crippen LogP contribution in [-0.2, 0) is 0 Å². The van der Waals surface area contributed by atoms with Crippen LogP contribution in [0.25, 0.3) is 11.3 Å². The summed E-state index contributed by atoms with van der Waals surface area (Å²) in [5.74, 6) is -0.539. The van der Waals surface area contributed by atoms with Gasteiger partial charge in [-0.15, -0.1) is 0 Å². The normalized spacial score (nSPS) is 15.8. The summed E-state index contributed by atoms with van der Waals surface area (Å²) in [5.41, 5.74) is 2.60. The van der Waals surface area contributed by atoms with Crippen molar-refractivity contribution in [3.05, 3.63) is 28.1 Å². The van der Waals surface area contributed by atoms with E-state index in [-0.39, 0.29) is 0 Å². The van der Waals surface area contributed by atoms with Crippen molar-refractivity contribution in [3.8, 4) is 11.3 Å². The molecule has 3 rings (SSSR count). The molecule has 17 heavy (non-hydrogen) atoms. The van der Waals surface area contributed by atoms with Crippen molar-refractivity contribution in [2.24, 2.45) is 0 Å². The maximum atomic E-state index is 11.4. The molecule has 4 nitrogen and oxygen atoms in total. The average molecular weight is 248 g/mol. The number of rotatable bonds is 3. The number of aromatic carboxylic acids is 1. The van der Waals surface area contributed by atoms with Crippen molar-refractivity contribution < 1.29 is 9.90 Å². The Morgan fingerprint density at radius 2 is 2.35 bits per heavy atom. The summed E-state index contributed by atoms with van der Waals surface area (Å²) in [5, 5.41) is 20.3. The van der Waals surface area contributed by atoms with E-state index in [1.165, 1.54) is 6.42 Å². The molecule has 0 aromatic carbocycles. The van der Waals surface area contributed by atoms with Gasteiger partial charge in [-0.3, -0.25) is 5.10 Å². The predicted molar refractivity (Wildman–Crippen MR) is 65.5 cm³/mol. The molecule has 88 valence electrons. The molecule has 2 aromatic rings. The van der Waals surface area contributed by atoms with Gasteiger partial charge < -0.3 is 5.11 Å². The van der Waals surface area contributed by atoms with Gasteiger partial charge in [-0.2, -0.15) is 16.4 Å². The largest absolute Gasteiger partial charge is 0.478 e. The number of carboxylic acids is 1. The van der Waals surface area contributed by atoms with Gasteiger partial charge in [0.1, 0.15) is 11.3 Å². The molecule has 2 N–H and O–H groups in total. The first-order chi connectivity index (χ1) is 8.27. The first-order valence-corrected chi connectivity index (χ1v) is 6.56. The molecule has 2 heterocycles. The van der Waals surface area contributed by atoms with Gasteiger partial charge in [0.2, 0.25) is 0 Å². The fourth-order valence-electron chi connectivity index (χ4n) is 2.17. The molecule has 2 aromatic heterocycles. The highest BCUT2D eigenvalue weighted by Gasteiger charge is 2.29. The van der Waals surface area contributed by atoms with Gasteiger partial charge in [-0.05, 0) is 24.3 Å². The van der Waals surface area contributed by atoms with Crippen molar-refractivity contribution in [2.75, 3.05) is 0 Å². The van der Waals surface area contributed by atoms with Crippen molar-refractivity contribution in [1.82, 2.24) is 10.2 Å². The van der Waals surface area contributed by atoms with Gasteiger partial charge in [0.15, 0.2) is 0 Å². The molecule has 1 aliphatic rings. The monoisotopic (exact) mass is 248 g/mol. The van der Waals surface area contributed by atoms with Crippen LogP contribution in [0.3, 0.4) is 0 Å². The molecule has 5 heteroatoms. The average Bonchev–Trinajstić information content (AvgIpc) is 2.80. The molecule has 0 saturated heterocycles. The fraction of sp³-hybridized carbons (Fsp3) is 0.333. The number of nitrogens with one attached hydrogen (secondary N) is 1. The highest BCUT2D eigenvalue weighted by molar-refractivity contribution is 7.08. The standard InChI is InChI=1S/C12H12N2O2S/c15-12(16)9-10(7-2-1-3-7)13-14-11(9)8-4-5-17-6-8/h4-7H,1-3H2,(H,13,14)(H,15,16). The maximum absolute atomic E-state index is 11.4. The zero-order valence-corrected chi connectivity index (χ0v) is 9.96. The zero-order chi connectivity index (χ0) is 11.8. The summed E-state index contributed by atoms with van der Waals surface area (Å²) in [6, 6.07) is 1.90. The van der Waals surface area contributed by atoms with Crippen LogP contribution in [0.4, 0.5) is 0 Å². The topological polar surface area (TPSA) is 66.0 Å². The Balaban J connectivity index is 2.10. The first-order valence-electron chi connectivity index (χ1n) is 5.61. The van der Waals surface area contributed by atoms with Gasteiger partial charge in [0, 0.05) is 16.9 Å². The Morgan fingerprint density at radius 3 is 2.88 bits per heavy atom. The van der Waals surface area contributed by atoms with Gasteiger partial charge in [0.25, 0.3) is 0 Å². The van der Waals surface area contributed by atoms with E-state index in [0.29, 0.717) is 17.2 Å². The molecular formula is C12H12N2O2S. The molecule has 0 amide bonds. The minimum atomic E-state index is -0.887. The molecule has 1 aliphatic carbocycles. The van der Waals surface area contributed by atoms with Gasteiger partial charge in [0.05, 0.1) is 5.69 Å². The SMILES string of the molecule is O=C(O)c1c(-c2ccsc2)n[nH]c1C1CCC1. The van der Waals surface area contributed by atoms with E-state index in [1.54, 1.807) is 11.3 Å². The van der Waals surface area contributed by atoms with E-state index in [1.807, 2.05) is 16.8 Å². The van der Waals surface area contributed by atoms with Crippen molar-refractivity contribution in [2.45, 2.75) is 25.2 Å². The second kappa shape index (κ2) is 4.00. The highest BCUT2D eigenvalue weighted by atomic mass is 32.1. The molecule has 0 bridgehead atoms. The van der Waals surface area contributed by atoms with Crippen molar-refractivity contribution in [3.63, 3.8) is 0 Å². The maximum Gasteiger partial charge on any atom is 0.339 e. The third-order valence-corrected chi connectivity index (χ3v) is 4.00. The number of carbonyl (C=O) groups is 1. The first kappa shape index (κ1) is 10.5. The Hall–Kier alpha value is -1.62. The molecule has 0 unspecified atom stereocenters. The number of aromatic amines is 1. The second-order valence-electron chi connectivity index (χ2n) is 4.31. The van der Waals surface area contributed by atoms with Crippen LogP contribution >= 0.6 is 11.3 Å². The Labute approximate surface area is 102 Å². The number of aromatic nitrogens is 2.